The number of aromatic nitrogens is 3. The van der Waals surface area contributed by atoms with Crippen molar-refractivity contribution in [3.63, 3.8) is 0 Å². The number of ether oxygens (including phenoxy) is 2. The first-order chi connectivity index (χ1) is 18.4. The molecule has 9 nitrogen and oxygen atoms in total. The molecule has 0 radical (unpaired) electrons. The van der Waals surface area contributed by atoms with Gasteiger partial charge in [0.15, 0.2) is 0 Å². The maximum Gasteiger partial charge on any atom is 0.333 e. The lowest BCUT2D eigenvalue weighted by Crippen LogP contribution is -2.46. The van der Waals surface area contributed by atoms with E-state index in [1.165, 1.54) is 24.9 Å². The normalized spacial score (nSPS) is 20.3. The lowest BCUT2D eigenvalue weighted by molar-refractivity contribution is 0.0918. The first-order valence-electron chi connectivity index (χ1n) is 12.8. The molecule has 0 atom stereocenters. The average molecular weight is 543 g/mol. The van der Waals surface area contributed by atoms with Gasteiger partial charge in [-0.2, -0.15) is 11.8 Å². The predicted molar refractivity (Wildman–Crippen MR) is 144 cm³/mol. The van der Waals surface area contributed by atoms with Crippen LogP contribution in [0.4, 0.5) is 4.39 Å². The summed E-state index contributed by atoms with van der Waals surface area (Å²) in [4.78, 5) is 44.4. The van der Waals surface area contributed by atoms with Gasteiger partial charge >= 0.3 is 5.69 Å². The number of amides is 1. The van der Waals surface area contributed by atoms with E-state index in [0.717, 1.165) is 30.5 Å². The van der Waals surface area contributed by atoms with Crippen molar-refractivity contribution in [2.45, 2.75) is 56.7 Å². The molecule has 0 unspecified atom stereocenters. The molecule has 0 bridgehead atoms. The molecule has 38 heavy (non-hydrogen) atoms. The van der Waals surface area contributed by atoms with Crippen LogP contribution in [0.2, 0.25) is 0 Å². The molecule has 5 rings (SSSR count). The molecule has 1 aliphatic carbocycles. The van der Waals surface area contributed by atoms with Crippen molar-refractivity contribution in [1.82, 2.24) is 19.4 Å². The summed E-state index contributed by atoms with van der Waals surface area (Å²) in [5.41, 5.74) is -0.260. The molecule has 1 amide bonds. The number of nitrogens with one attached hydrogen (secondary N) is 1. The number of hydrogen-bond donors (Lipinski definition) is 1. The summed E-state index contributed by atoms with van der Waals surface area (Å²) < 4.78 is 27.6. The van der Waals surface area contributed by atoms with E-state index in [4.69, 9.17) is 9.47 Å². The van der Waals surface area contributed by atoms with Gasteiger partial charge < -0.3 is 14.8 Å². The lowest BCUT2D eigenvalue weighted by atomic mass is 9.90. The highest BCUT2D eigenvalue weighted by atomic mass is 32.2. The summed E-state index contributed by atoms with van der Waals surface area (Å²) in [5, 5.41) is 3.18. The van der Waals surface area contributed by atoms with Gasteiger partial charge in [-0.05, 0) is 74.3 Å². The molecular weight excluding hydrogens is 511 g/mol. The number of rotatable bonds is 6. The summed E-state index contributed by atoms with van der Waals surface area (Å²) in [6.07, 6.45) is 4.90. The smallest absolute Gasteiger partial charge is 0.333 e. The van der Waals surface area contributed by atoms with Crippen molar-refractivity contribution in [3.05, 3.63) is 62.7 Å². The van der Waals surface area contributed by atoms with Gasteiger partial charge in [-0.25, -0.2) is 14.2 Å². The number of nitrogens with zero attached hydrogens (tertiary/aromatic N) is 3. The van der Waals surface area contributed by atoms with Crippen LogP contribution >= 0.6 is 11.8 Å². The number of carbonyl (C=O) groups is 1. The largest absolute Gasteiger partial charge is 0.497 e. The third-order valence-electron chi connectivity index (χ3n) is 7.53. The Morgan fingerprint density at radius 1 is 1.00 bits per heavy atom. The Labute approximate surface area is 223 Å². The lowest BCUT2D eigenvalue weighted by Gasteiger charge is -2.31. The molecule has 1 aliphatic heterocycles. The van der Waals surface area contributed by atoms with Gasteiger partial charge in [0.25, 0.3) is 11.5 Å². The highest BCUT2D eigenvalue weighted by Gasteiger charge is 2.30. The van der Waals surface area contributed by atoms with E-state index >= 15 is 0 Å². The quantitative estimate of drug-likeness (QED) is 0.507. The van der Waals surface area contributed by atoms with Crippen LogP contribution in [0.25, 0.3) is 11.0 Å². The van der Waals surface area contributed by atoms with Gasteiger partial charge in [0.2, 0.25) is 0 Å². The maximum absolute atomic E-state index is 14.1. The molecule has 2 aliphatic rings. The van der Waals surface area contributed by atoms with E-state index in [1.807, 2.05) is 11.8 Å². The zero-order valence-electron chi connectivity index (χ0n) is 21.4. The Balaban J connectivity index is 1.39. The van der Waals surface area contributed by atoms with Gasteiger partial charge in [0.1, 0.15) is 23.0 Å². The van der Waals surface area contributed by atoms with Gasteiger partial charge in [-0.15, -0.1) is 0 Å². The summed E-state index contributed by atoms with van der Waals surface area (Å²) in [7, 11) is 3.04. The van der Waals surface area contributed by atoms with Crippen molar-refractivity contribution in [1.29, 1.82) is 0 Å². The monoisotopic (exact) mass is 542 g/mol. The second kappa shape index (κ2) is 11.2. The van der Waals surface area contributed by atoms with Crippen molar-refractivity contribution < 1.29 is 18.7 Å². The molecule has 202 valence electrons. The van der Waals surface area contributed by atoms with Crippen molar-refractivity contribution in [3.8, 4) is 11.5 Å². The molecular formula is C27H31FN4O5S. The SMILES string of the molecule is COc1ccc(OC)c(C(=O)NC2CCC(n3c(=O)c4cc(F)cnc4n(C4CCSCC4)c3=O)CC2)c1. The molecule has 11 heteroatoms. The van der Waals surface area contributed by atoms with Crippen LogP contribution in [-0.4, -0.2) is 51.8 Å². The van der Waals surface area contributed by atoms with Crippen LogP contribution in [0.15, 0.2) is 40.1 Å². The molecule has 0 spiro atoms. The highest BCUT2D eigenvalue weighted by Crippen LogP contribution is 2.31. The summed E-state index contributed by atoms with van der Waals surface area (Å²) in [5.74, 6) is 1.95. The van der Waals surface area contributed by atoms with E-state index in [1.54, 1.807) is 22.8 Å². The van der Waals surface area contributed by atoms with Crippen LogP contribution in [0.5, 0.6) is 11.5 Å². The molecule has 2 fully saturated rings. The van der Waals surface area contributed by atoms with Crippen LogP contribution in [0.3, 0.4) is 0 Å². The van der Waals surface area contributed by atoms with Gasteiger partial charge in [0.05, 0.1) is 31.4 Å². The molecule has 1 N–H and O–H groups in total. The van der Waals surface area contributed by atoms with Crippen molar-refractivity contribution >= 4 is 28.7 Å². The first-order valence-corrected chi connectivity index (χ1v) is 14.0. The molecule has 3 heterocycles. The Morgan fingerprint density at radius 2 is 1.71 bits per heavy atom. The number of hydrogen-bond acceptors (Lipinski definition) is 7. The van der Waals surface area contributed by atoms with Crippen LogP contribution in [0.1, 0.15) is 61.0 Å². The van der Waals surface area contributed by atoms with Gasteiger partial charge in [0, 0.05) is 18.1 Å². The molecule has 1 saturated carbocycles. The summed E-state index contributed by atoms with van der Waals surface area (Å²) in [6, 6.07) is 5.68. The molecule has 1 saturated heterocycles. The minimum Gasteiger partial charge on any atom is -0.497 e. The minimum absolute atomic E-state index is 0.0791. The Morgan fingerprint density at radius 3 is 2.39 bits per heavy atom. The Bertz CT molecular complexity index is 1460. The van der Waals surface area contributed by atoms with Crippen LogP contribution in [0, 0.1) is 5.82 Å². The van der Waals surface area contributed by atoms with Crippen LogP contribution < -0.4 is 26.0 Å². The van der Waals surface area contributed by atoms with E-state index in [0.29, 0.717) is 42.7 Å². The number of benzene rings is 1. The number of halogens is 1. The second-order valence-corrected chi connectivity index (χ2v) is 11.0. The van der Waals surface area contributed by atoms with Crippen molar-refractivity contribution in [2.75, 3.05) is 25.7 Å². The predicted octanol–water partition coefficient (Wildman–Crippen LogP) is 3.70. The second-order valence-electron chi connectivity index (χ2n) is 9.74. The highest BCUT2D eigenvalue weighted by molar-refractivity contribution is 7.99. The topological polar surface area (TPSA) is 104 Å². The average Bonchev–Trinajstić information content (AvgIpc) is 2.94. The molecule has 1 aromatic carbocycles. The maximum atomic E-state index is 14.1. The van der Waals surface area contributed by atoms with E-state index in [2.05, 4.69) is 10.3 Å². The fourth-order valence-corrected chi connectivity index (χ4v) is 6.61. The fraction of sp³-hybridized carbons (Fsp3) is 0.481. The number of fused-ring (bicyclic) bond motifs is 1. The zero-order chi connectivity index (χ0) is 26.8. The molecule has 3 aromatic rings. The minimum atomic E-state index is -0.607. The molecule has 2 aromatic heterocycles. The number of methoxy groups -OCH3 is 2. The number of thioether (sulfide) groups is 1. The Kier molecular flexibility index (Phi) is 7.73. The van der Waals surface area contributed by atoms with Gasteiger partial charge in [-0.1, -0.05) is 0 Å². The number of pyridine rings is 1. The van der Waals surface area contributed by atoms with E-state index in [-0.39, 0.29) is 40.8 Å². The summed E-state index contributed by atoms with van der Waals surface area (Å²) >= 11 is 1.84. The van der Waals surface area contributed by atoms with Crippen molar-refractivity contribution in [2.24, 2.45) is 0 Å². The standard InChI is InChI=1S/C27H31FN4O5S/c1-36-20-7-8-23(37-2)21(14-20)25(33)30-17-3-5-18(6-4-17)32-26(34)22-13-16(28)15-29-24(22)31(27(32)35)19-9-11-38-12-10-19/h7-8,13-15,17-19H,3-6,9-12H2,1-2H3,(H,30,33). The first kappa shape index (κ1) is 26.3. The van der Waals surface area contributed by atoms with E-state index < -0.39 is 11.4 Å². The van der Waals surface area contributed by atoms with E-state index in [9.17, 15) is 18.8 Å². The third-order valence-corrected chi connectivity index (χ3v) is 8.58. The third kappa shape index (κ3) is 5.03. The number of carbonyl (C=O) groups excluding carboxylic acids is 1. The fourth-order valence-electron chi connectivity index (χ4n) is 5.53. The van der Waals surface area contributed by atoms with Crippen LogP contribution in [-0.2, 0) is 0 Å². The Hall–Kier alpha value is -3.34. The van der Waals surface area contributed by atoms with Gasteiger partial charge in [-0.3, -0.25) is 18.7 Å². The summed E-state index contributed by atoms with van der Waals surface area (Å²) in [6.45, 7) is 0. The zero-order valence-corrected chi connectivity index (χ0v) is 22.3.